The number of hydrogen-bond donors (Lipinski definition) is 1. The zero-order valence-electron chi connectivity index (χ0n) is 19.0. The molecule has 0 saturated carbocycles. The smallest absolute Gasteiger partial charge is 0.254 e. The van der Waals surface area contributed by atoms with Gasteiger partial charge in [0.05, 0.1) is 18.2 Å². The Hall–Kier alpha value is -1.27. The van der Waals surface area contributed by atoms with Gasteiger partial charge < -0.3 is 19.7 Å². The first kappa shape index (κ1) is 24.0. The number of unbranched alkanes of at least 4 members (excludes halogenated alkanes) is 1. The molecule has 164 valence electrons. The number of hydrogen-bond acceptors (Lipinski definition) is 4. The van der Waals surface area contributed by atoms with Gasteiger partial charge in [0, 0.05) is 29.2 Å². The lowest BCUT2D eigenvalue weighted by Gasteiger charge is -2.49. The van der Waals surface area contributed by atoms with Crippen LogP contribution in [0.1, 0.15) is 77.6 Å². The van der Waals surface area contributed by atoms with Crippen LogP contribution < -0.4 is 14.8 Å². The van der Waals surface area contributed by atoms with Crippen molar-refractivity contribution in [3.05, 3.63) is 22.2 Å². The second kappa shape index (κ2) is 9.69. The number of nitrogens with zero attached hydrogens (tertiary/aromatic N) is 1. The number of nitrogens with one attached hydrogen (secondary N) is 1. The van der Waals surface area contributed by atoms with Gasteiger partial charge in [0.2, 0.25) is 0 Å². The number of carbonyl (C=O) groups is 1. The summed E-state index contributed by atoms with van der Waals surface area (Å²) in [5.74, 6) is 1.26. The van der Waals surface area contributed by atoms with Crippen LogP contribution in [0.4, 0.5) is 0 Å². The molecule has 1 aliphatic heterocycles. The summed E-state index contributed by atoms with van der Waals surface area (Å²) in [6.07, 6.45) is 3.91. The van der Waals surface area contributed by atoms with E-state index in [9.17, 15) is 4.79 Å². The van der Waals surface area contributed by atoms with Crippen LogP contribution in [-0.4, -0.2) is 48.2 Å². The first-order valence-electron chi connectivity index (χ1n) is 10.6. The van der Waals surface area contributed by atoms with Crippen LogP contribution in [0.25, 0.3) is 0 Å². The van der Waals surface area contributed by atoms with E-state index < -0.39 is 0 Å². The Morgan fingerprint density at radius 2 is 1.83 bits per heavy atom. The van der Waals surface area contributed by atoms with Crippen molar-refractivity contribution in [3.63, 3.8) is 0 Å². The zero-order chi connectivity index (χ0) is 21.8. The highest BCUT2D eigenvalue weighted by molar-refractivity contribution is 9.10. The molecule has 1 heterocycles. The second-order valence-electron chi connectivity index (χ2n) is 9.23. The van der Waals surface area contributed by atoms with Crippen LogP contribution >= 0.6 is 15.9 Å². The van der Waals surface area contributed by atoms with E-state index in [0.717, 1.165) is 36.7 Å². The van der Waals surface area contributed by atoms with Crippen molar-refractivity contribution in [2.75, 3.05) is 20.3 Å². The molecule has 0 bridgehead atoms. The number of rotatable bonds is 8. The maximum Gasteiger partial charge on any atom is 0.254 e. The van der Waals surface area contributed by atoms with Gasteiger partial charge in [-0.15, -0.1) is 0 Å². The quantitative estimate of drug-likeness (QED) is 0.553. The summed E-state index contributed by atoms with van der Waals surface area (Å²) in [6, 6.07) is 3.84. The molecule has 2 rings (SSSR count). The minimum absolute atomic E-state index is 0.0196. The van der Waals surface area contributed by atoms with E-state index in [2.05, 4.69) is 60.8 Å². The third-order valence-electron chi connectivity index (χ3n) is 5.39. The van der Waals surface area contributed by atoms with Crippen LogP contribution in [0.5, 0.6) is 11.5 Å². The lowest BCUT2D eigenvalue weighted by atomic mass is 9.78. The maximum absolute atomic E-state index is 13.6. The standard InChI is InChI=1S/C23H37BrN2O3/c1-8-10-11-26(17-14-22(3,4)25-23(5,6)15-17)21(27)16-12-18(24)20(29-9-2)19(13-16)28-7/h12-13,17,25H,8-11,14-15H2,1-7H3. The number of ether oxygens (including phenoxy) is 2. The number of methoxy groups -OCH3 is 1. The highest BCUT2D eigenvalue weighted by atomic mass is 79.9. The van der Waals surface area contributed by atoms with E-state index in [4.69, 9.17) is 9.47 Å². The van der Waals surface area contributed by atoms with Gasteiger partial charge >= 0.3 is 0 Å². The number of carbonyl (C=O) groups excluding carboxylic acids is 1. The Kier molecular flexibility index (Phi) is 8.02. The molecule has 1 aromatic carbocycles. The van der Waals surface area contributed by atoms with E-state index in [1.54, 1.807) is 13.2 Å². The number of piperidine rings is 1. The number of benzene rings is 1. The third kappa shape index (κ3) is 6.11. The fraction of sp³-hybridized carbons (Fsp3) is 0.696. The predicted octanol–water partition coefficient (Wildman–Crippen LogP) is 5.41. The van der Waals surface area contributed by atoms with Crippen molar-refractivity contribution in [2.45, 2.75) is 84.3 Å². The number of amides is 1. The van der Waals surface area contributed by atoms with Gasteiger partial charge in [-0.05, 0) is 81.9 Å². The van der Waals surface area contributed by atoms with Crippen molar-refractivity contribution in [3.8, 4) is 11.5 Å². The summed E-state index contributed by atoms with van der Waals surface area (Å²) in [7, 11) is 1.60. The molecular weight excluding hydrogens is 432 g/mol. The molecule has 0 radical (unpaired) electrons. The first-order valence-corrected chi connectivity index (χ1v) is 11.4. The lowest BCUT2D eigenvalue weighted by Crippen LogP contribution is -2.62. The fourth-order valence-electron chi connectivity index (χ4n) is 4.56. The average molecular weight is 469 g/mol. The summed E-state index contributed by atoms with van der Waals surface area (Å²) in [4.78, 5) is 15.7. The van der Waals surface area contributed by atoms with E-state index in [-0.39, 0.29) is 23.0 Å². The van der Waals surface area contributed by atoms with Crippen LogP contribution in [0.2, 0.25) is 0 Å². The highest BCUT2D eigenvalue weighted by Crippen LogP contribution is 2.38. The monoisotopic (exact) mass is 468 g/mol. The van der Waals surface area contributed by atoms with Crippen molar-refractivity contribution >= 4 is 21.8 Å². The SMILES string of the molecule is CCCCN(C(=O)c1cc(Br)c(OCC)c(OC)c1)C1CC(C)(C)NC(C)(C)C1. The van der Waals surface area contributed by atoms with Crippen molar-refractivity contribution in [1.82, 2.24) is 10.2 Å². The Morgan fingerprint density at radius 3 is 2.34 bits per heavy atom. The molecule has 6 heteroatoms. The fourth-order valence-corrected chi connectivity index (χ4v) is 5.12. The van der Waals surface area contributed by atoms with E-state index >= 15 is 0 Å². The predicted molar refractivity (Wildman–Crippen MR) is 122 cm³/mol. The van der Waals surface area contributed by atoms with Gasteiger partial charge in [0.25, 0.3) is 5.91 Å². The Morgan fingerprint density at radius 1 is 1.21 bits per heavy atom. The zero-order valence-corrected chi connectivity index (χ0v) is 20.6. The Bertz CT molecular complexity index is 702. The molecule has 1 amide bonds. The largest absolute Gasteiger partial charge is 0.493 e. The minimum Gasteiger partial charge on any atom is -0.493 e. The first-order chi connectivity index (χ1) is 13.5. The topological polar surface area (TPSA) is 50.8 Å². The summed E-state index contributed by atoms with van der Waals surface area (Å²) in [5.41, 5.74) is 0.588. The lowest BCUT2D eigenvalue weighted by molar-refractivity contribution is 0.0441. The Labute approximate surface area is 184 Å². The second-order valence-corrected chi connectivity index (χ2v) is 10.1. The van der Waals surface area contributed by atoms with E-state index in [1.807, 2.05) is 13.0 Å². The molecule has 0 atom stereocenters. The van der Waals surface area contributed by atoms with Crippen LogP contribution in [0, 0.1) is 0 Å². The third-order valence-corrected chi connectivity index (χ3v) is 5.98. The molecule has 0 spiro atoms. The highest BCUT2D eigenvalue weighted by Gasteiger charge is 2.41. The molecule has 1 aromatic rings. The van der Waals surface area contributed by atoms with Gasteiger partial charge in [0.1, 0.15) is 0 Å². The van der Waals surface area contributed by atoms with Gasteiger partial charge in [-0.1, -0.05) is 13.3 Å². The van der Waals surface area contributed by atoms with Crippen LogP contribution in [-0.2, 0) is 0 Å². The van der Waals surface area contributed by atoms with Gasteiger partial charge in [-0.3, -0.25) is 4.79 Å². The van der Waals surface area contributed by atoms with Crippen LogP contribution in [0.3, 0.4) is 0 Å². The normalized spacial score (nSPS) is 18.3. The van der Waals surface area contributed by atoms with Crippen molar-refractivity contribution < 1.29 is 14.3 Å². The van der Waals surface area contributed by atoms with Crippen molar-refractivity contribution in [2.24, 2.45) is 0 Å². The molecule has 0 aliphatic carbocycles. The molecule has 1 fully saturated rings. The summed E-state index contributed by atoms with van der Waals surface area (Å²) in [5, 5.41) is 3.72. The molecule has 29 heavy (non-hydrogen) atoms. The van der Waals surface area contributed by atoms with Gasteiger partial charge in [-0.25, -0.2) is 0 Å². The molecular formula is C23H37BrN2O3. The molecule has 0 unspecified atom stereocenters. The summed E-state index contributed by atoms with van der Waals surface area (Å²) < 4.78 is 11.9. The van der Waals surface area contributed by atoms with E-state index in [0.29, 0.717) is 23.7 Å². The van der Waals surface area contributed by atoms with Crippen molar-refractivity contribution in [1.29, 1.82) is 0 Å². The van der Waals surface area contributed by atoms with E-state index in [1.165, 1.54) is 0 Å². The molecule has 0 aromatic heterocycles. The summed E-state index contributed by atoms with van der Waals surface area (Å²) in [6.45, 7) is 14.3. The maximum atomic E-state index is 13.6. The average Bonchev–Trinajstić information content (AvgIpc) is 2.60. The Balaban J connectivity index is 2.40. The number of halogens is 1. The molecule has 1 N–H and O–H groups in total. The molecule has 1 aliphatic rings. The molecule has 1 saturated heterocycles. The summed E-state index contributed by atoms with van der Waals surface area (Å²) >= 11 is 3.56. The van der Waals surface area contributed by atoms with Crippen LogP contribution in [0.15, 0.2) is 16.6 Å². The van der Waals surface area contributed by atoms with Gasteiger partial charge in [-0.2, -0.15) is 0 Å². The molecule has 5 nitrogen and oxygen atoms in total. The minimum atomic E-state index is -0.0196. The van der Waals surface area contributed by atoms with Gasteiger partial charge in [0.15, 0.2) is 11.5 Å².